The monoisotopic (exact) mass is 312 g/mol. The molecule has 1 amide bonds. The third-order valence-electron chi connectivity index (χ3n) is 3.80. The van der Waals surface area contributed by atoms with Crippen LogP contribution in [0.5, 0.6) is 0 Å². The van der Waals surface area contributed by atoms with Crippen molar-refractivity contribution in [2.45, 2.75) is 38.6 Å². The van der Waals surface area contributed by atoms with E-state index in [1.807, 2.05) is 11.8 Å². The zero-order valence-electron chi connectivity index (χ0n) is 12.4. The van der Waals surface area contributed by atoms with Crippen LogP contribution in [-0.2, 0) is 0 Å². The van der Waals surface area contributed by atoms with Crippen LogP contribution in [0.4, 0.5) is 4.39 Å². The predicted molar refractivity (Wildman–Crippen MR) is 83.2 cm³/mol. The maximum atomic E-state index is 13.2. The number of benzene rings is 1. The molecule has 5 heteroatoms. The van der Waals surface area contributed by atoms with Crippen molar-refractivity contribution in [3.8, 4) is 0 Å². The molecule has 1 saturated heterocycles. The summed E-state index contributed by atoms with van der Waals surface area (Å²) in [7, 11) is 0. The van der Waals surface area contributed by atoms with Crippen molar-refractivity contribution in [3.63, 3.8) is 0 Å². The van der Waals surface area contributed by atoms with Gasteiger partial charge in [0.2, 0.25) is 0 Å². The van der Waals surface area contributed by atoms with E-state index < -0.39 is 5.82 Å². The SMILES string of the molecule is CCCN(CC1CCCCN1)C(=O)c1ccc(F)c(Cl)c1. The van der Waals surface area contributed by atoms with Gasteiger partial charge in [0.15, 0.2) is 0 Å². The summed E-state index contributed by atoms with van der Waals surface area (Å²) in [5.41, 5.74) is 0.450. The third-order valence-corrected chi connectivity index (χ3v) is 4.09. The summed E-state index contributed by atoms with van der Waals surface area (Å²) < 4.78 is 13.2. The van der Waals surface area contributed by atoms with E-state index in [0.717, 1.165) is 19.4 Å². The van der Waals surface area contributed by atoms with Gasteiger partial charge in [0.25, 0.3) is 5.91 Å². The molecule has 1 aromatic rings. The number of halogens is 2. The van der Waals surface area contributed by atoms with Crippen LogP contribution in [0.3, 0.4) is 0 Å². The fourth-order valence-electron chi connectivity index (χ4n) is 2.70. The Morgan fingerprint density at radius 1 is 1.48 bits per heavy atom. The standard InChI is InChI=1S/C16H22ClFN2O/c1-2-9-20(11-13-5-3-4-8-19-13)16(21)12-6-7-15(18)14(17)10-12/h6-7,10,13,19H,2-5,8-9,11H2,1H3. The average Bonchev–Trinajstić information content (AvgIpc) is 2.50. The number of piperidine rings is 1. The molecule has 0 aliphatic carbocycles. The van der Waals surface area contributed by atoms with Gasteiger partial charge in [-0.3, -0.25) is 4.79 Å². The van der Waals surface area contributed by atoms with Gasteiger partial charge in [-0.25, -0.2) is 4.39 Å². The fourth-order valence-corrected chi connectivity index (χ4v) is 2.88. The minimum Gasteiger partial charge on any atom is -0.337 e. The third kappa shape index (κ3) is 4.42. The number of carbonyl (C=O) groups excluding carboxylic acids is 1. The first-order chi connectivity index (χ1) is 10.1. The molecule has 1 aromatic carbocycles. The minimum atomic E-state index is -0.496. The molecule has 116 valence electrons. The highest BCUT2D eigenvalue weighted by Crippen LogP contribution is 2.18. The van der Waals surface area contributed by atoms with Crippen LogP contribution in [0.25, 0.3) is 0 Å². The average molecular weight is 313 g/mol. The van der Waals surface area contributed by atoms with E-state index in [1.54, 1.807) is 0 Å². The lowest BCUT2D eigenvalue weighted by atomic mass is 10.0. The Labute approximate surface area is 130 Å². The molecular weight excluding hydrogens is 291 g/mol. The molecule has 1 N–H and O–H groups in total. The van der Waals surface area contributed by atoms with Gasteiger partial charge in [-0.05, 0) is 44.0 Å². The minimum absolute atomic E-state index is 0.00640. The summed E-state index contributed by atoms with van der Waals surface area (Å²) in [4.78, 5) is 14.4. The predicted octanol–water partition coefficient (Wildman–Crippen LogP) is 3.47. The van der Waals surface area contributed by atoms with Crippen molar-refractivity contribution in [3.05, 3.63) is 34.6 Å². The quantitative estimate of drug-likeness (QED) is 0.903. The molecule has 0 spiro atoms. The number of rotatable bonds is 5. The van der Waals surface area contributed by atoms with Crippen molar-refractivity contribution >= 4 is 17.5 Å². The normalized spacial score (nSPS) is 18.5. The van der Waals surface area contributed by atoms with Crippen LogP contribution in [0.15, 0.2) is 18.2 Å². The molecule has 1 aliphatic rings. The number of nitrogens with zero attached hydrogens (tertiary/aromatic N) is 1. The van der Waals surface area contributed by atoms with E-state index in [0.29, 0.717) is 24.7 Å². The Morgan fingerprint density at radius 3 is 2.90 bits per heavy atom. The van der Waals surface area contributed by atoms with E-state index >= 15 is 0 Å². The van der Waals surface area contributed by atoms with Crippen LogP contribution in [0.2, 0.25) is 5.02 Å². The summed E-state index contributed by atoms with van der Waals surface area (Å²) >= 11 is 5.77. The lowest BCUT2D eigenvalue weighted by Gasteiger charge is -2.30. The second-order valence-corrected chi connectivity index (χ2v) is 5.93. The molecule has 0 saturated carbocycles. The summed E-state index contributed by atoms with van der Waals surface area (Å²) in [5, 5.41) is 3.45. The Morgan fingerprint density at radius 2 is 2.29 bits per heavy atom. The van der Waals surface area contributed by atoms with E-state index in [2.05, 4.69) is 5.32 Å². The summed E-state index contributed by atoms with van der Waals surface area (Å²) in [6, 6.07) is 4.51. The highest BCUT2D eigenvalue weighted by Gasteiger charge is 2.21. The molecule has 0 radical (unpaired) electrons. The molecule has 1 atom stereocenters. The highest BCUT2D eigenvalue weighted by molar-refractivity contribution is 6.31. The Hall–Kier alpha value is -1.13. The van der Waals surface area contributed by atoms with Crippen molar-refractivity contribution in [1.29, 1.82) is 0 Å². The molecule has 0 bridgehead atoms. The molecule has 1 aliphatic heterocycles. The van der Waals surface area contributed by atoms with Crippen LogP contribution < -0.4 is 5.32 Å². The van der Waals surface area contributed by atoms with Gasteiger partial charge in [0, 0.05) is 24.7 Å². The molecule has 2 rings (SSSR count). The van der Waals surface area contributed by atoms with Gasteiger partial charge in [-0.1, -0.05) is 24.9 Å². The van der Waals surface area contributed by atoms with E-state index in [-0.39, 0.29) is 10.9 Å². The number of nitrogens with one attached hydrogen (secondary N) is 1. The molecule has 21 heavy (non-hydrogen) atoms. The van der Waals surface area contributed by atoms with Gasteiger partial charge in [-0.2, -0.15) is 0 Å². The fraction of sp³-hybridized carbons (Fsp3) is 0.562. The lowest BCUT2D eigenvalue weighted by Crippen LogP contribution is -2.46. The maximum absolute atomic E-state index is 13.2. The van der Waals surface area contributed by atoms with Gasteiger partial charge < -0.3 is 10.2 Å². The summed E-state index contributed by atoms with van der Waals surface area (Å²) in [6.45, 7) is 4.46. The Balaban J connectivity index is 2.08. The largest absolute Gasteiger partial charge is 0.337 e. The zero-order chi connectivity index (χ0) is 15.2. The summed E-state index contributed by atoms with van der Waals surface area (Å²) in [6.07, 6.45) is 4.39. The Kier molecular flexibility index (Phi) is 6.00. The van der Waals surface area contributed by atoms with Gasteiger partial charge in [0.05, 0.1) is 5.02 Å². The molecule has 1 unspecified atom stereocenters. The number of hydrogen-bond donors (Lipinski definition) is 1. The zero-order valence-corrected chi connectivity index (χ0v) is 13.1. The van der Waals surface area contributed by atoms with Crippen molar-refractivity contribution in [2.75, 3.05) is 19.6 Å². The molecule has 1 heterocycles. The molecule has 0 aromatic heterocycles. The van der Waals surface area contributed by atoms with Crippen LogP contribution in [0.1, 0.15) is 43.0 Å². The van der Waals surface area contributed by atoms with Crippen LogP contribution in [0, 0.1) is 5.82 Å². The van der Waals surface area contributed by atoms with E-state index in [4.69, 9.17) is 11.6 Å². The highest BCUT2D eigenvalue weighted by atomic mass is 35.5. The van der Waals surface area contributed by atoms with Crippen molar-refractivity contribution in [1.82, 2.24) is 10.2 Å². The molecule has 3 nitrogen and oxygen atoms in total. The first kappa shape index (κ1) is 16.2. The number of hydrogen-bond acceptors (Lipinski definition) is 2. The lowest BCUT2D eigenvalue weighted by molar-refractivity contribution is 0.0731. The summed E-state index contributed by atoms with van der Waals surface area (Å²) in [5.74, 6) is -0.574. The maximum Gasteiger partial charge on any atom is 0.253 e. The van der Waals surface area contributed by atoms with Gasteiger partial charge >= 0.3 is 0 Å². The topological polar surface area (TPSA) is 32.3 Å². The Bertz CT molecular complexity index is 489. The first-order valence-electron chi connectivity index (χ1n) is 7.59. The van der Waals surface area contributed by atoms with Gasteiger partial charge in [-0.15, -0.1) is 0 Å². The van der Waals surface area contributed by atoms with Crippen molar-refractivity contribution in [2.24, 2.45) is 0 Å². The number of carbonyl (C=O) groups is 1. The number of amides is 1. The van der Waals surface area contributed by atoms with E-state index in [9.17, 15) is 9.18 Å². The van der Waals surface area contributed by atoms with E-state index in [1.165, 1.54) is 31.0 Å². The molecule has 1 fully saturated rings. The second-order valence-electron chi connectivity index (χ2n) is 5.53. The molecular formula is C16H22ClFN2O. The smallest absolute Gasteiger partial charge is 0.253 e. The first-order valence-corrected chi connectivity index (χ1v) is 7.97. The van der Waals surface area contributed by atoms with Crippen LogP contribution in [-0.4, -0.2) is 36.5 Å². The van der Waals surface area contributed by atoms with Crippen LogP contribution >= 0.6 is 11.6 Å². The second kappa shape index (κ2) is 7.76. The van der Waals surface area contributed by atoms with Gasteiger partial charge in [0.1, 0.15) is 5.82 Å². The van der Waals surface area contributed by atoms with Crippen molar-refractivity contribution < 1.29 is 9.18 Å².